The van der Waals surface area contributed by atoms with Gasteiger partial charge in [-0.2, -0.15) is 0 Å². The predicted octanol–water partition coefficient (Wildman–Crippen LogP) is 3.86. The number of anilines is 1. The number of fused-ring (bicyclic) bond motifs is 3. The van der Waals surface area contributed by atoms with Crippen LogP contribution in [0, 0.1) is 6.92 Å². The van der Waals surface area contributed by atoms with Gasteiger partial charge >= 0.3 is 0 Å². The average Bonchev–Trinajstić information content (AvgIpc) is 2.99. The van der Waals surface area contributed by atoms with Crippen LogP contribution in [0.25, 0.3) is 21.9 Å². The van der Waals surface area contributed by atoms with E-state index in [9.17, 15) is 0 Å². The fraction of sp³-hybridized carbons (Fsp3) is 0.250. The van der Waals surface area contributed by atoms with Gasteiger partial charge < -0.3 is 15.0 Å². The van der Waals surface area contributed by atoms with Crippen LogP contribution in [0.15, 0.2) is 42.7 Å². The highest BCUT2D eigenvalue weighted by molar-refractivity contribution is 6.07. The molecule has 4 rings (SSSR count). The number of aryl methyl sites for hydroxylation is 2. The fourth-order valence-corrected chi connectivity index (χ4v) is 3.24. The average molecular weight is 347 g/mol. The SMILES string of the molecule is CCCn1c(C)nc2c(N)nc3ccc(OCc4cccnc4)cc3c21. The number of pyridine rings is 2. The predicted molar refractivity (Wildman–Crippen MR) is 103 cm³/mol. The largest absolute Gasteiger partial charge is 0.489 e. The van der Waals surface area contributed by atoms with Crippen molar-refractivity contribution in [3.8, 4) is 5.75 Å². The van der Waals surface area contributed by atoms with Gasteiger partial charge in [-0.25, -0.2) is 9.97 Å². The Labute approximate surface area is 151 Å². The quantitative estimate of drug-likeness (QED) is 0.593. The molecule has 0 atom stereocenters. The Morgan fingerprint density at radius 1 is 1.19 bits per heavy atom. The Morgan fingerprint density at radius 2 is 2.08 bits per heavy atom. The summed E-state index contributed by atoms with van der Waals surface area (Å²) in [6, 6.07) is 9.79. The minimum absolute atomic E-state index is 0.467. The maximum Gasteiger partial charge on any atom is 0.152 e. The molecule has 3 aromatic heterocycles. The Morgan fingerprint density at radius 3 is 2.85 bits per heavy atom. The van der Waals surface area contributed by atoms with Gasteiger partial charge in [0, 0.05) is 29.9 Å². The maximum absolute atomic E-state index is 6.15. The second-order valence-corrected chi connectivity index (χ2v) is 6.33. The van der Waals surface area contributed by atoms with Crippen LogP contribution in [0.4, 0.5) is 5.82 Å². The highest BCUT2D eigenvalue weighted by Crippen LogP contribution is 2.31. The molecule has 0 aliphatic rings. The van der Waals surface area contributed by atoms with Crippen LogP contribution in [-0.2, 0) is 13.2 Å². The molecule has 6 nitrogen and oxygen atoms in total. The van der Waals surface area contributed by atoms with Gasteiger partial charge in [-0.1, -0.05) is 13.0 Å². The summed E-state index contributed by atoms with van der Waals surface area (Å²) in [4.78, 5) is 13.3. The first kappa shape index (κ1) is 16.3. The van der Waals surface area contributed by atoms with Crippen LogP contribution >= 0.6 is 0 Å². The van der Waals surface area contributed by atoms with Crippen molar-refractivity contribution < 1.29 is 4.74 Å². The fourth-order valence-electron chi connectivity index (χ4n) is 3.24. The Hall–Kier alpha value is -3.15. The summed E-state index contributed by atoms with van der Waals surface area (Å²) >= 11 is 0. The number of nitrogens with zero attached hydrogens (tertiary/aromatic N) is 4. The number of aromatic nitrogens is 4. The lowest BCUT2D eigenvalue weighted by Crippen LogP contribution is -2.01. The number of nitrogens with two attached hydrogens (primary N) is 1. The minimum atomic E-state index is 0.467. The molecule has 0 aliphatic heterocycles. The van der Waals surface area contributed by atoms with Crippen LogP contribution in [0.3, 0.4) is 0 Å². The van der Waals surface area contributed by atoms with Crippen LogP contribution < -0.4 is 10.5 Å². The molecule has 26 heavy (non-hydrogen) atoms. The molecular weight excluding hydrogens is 326 g/mol. The minimum Gasteiger partial charge on any atom is -0.489 e. The topological polar surface area (TPSA) is 78.9 Å². The molecule has 1 aromatic carbocycles. The summed E-state index contributed by atoms with van der Waals surface area (Å²) in [5.41, 5.74) is 9.81. The van der Waals surface area contributed by atoms with Gasteiger partial charge in [0.25, 0.3) is 0 Å². The third-order valence-electron chi connectivity index (χ3n) is 4.44. The normalized spacial score (nSPS) is 11.3. The van der Waals surface area contributed by atoms with Gasteiger partial charge in [0.2, 0.25) is 0 Å². The summed E-state index contributed by atoms with van der Waals surface area (Å²) in [6.45, 7) is 5.52. The first-order valence-electron chi connectivity index (χ1n) is 8.75. The van der Waals surface area contributed by atoms with E-state index in [2.05, 4.69) is 26.4 Å². The zero-order chi connectivity index (χ0) is 18.1. The summed E-state index contributed by atoms with van der Waals surface area (Å²) in [7, 11) is 0. The molecule has 3 heterocycles. The van der Waals surface area contributed by atoms with Crippen LogP contribution in [-0.4, -0.2) is 19.5 Å². The van der Waals surface area contributed by atoms with Gasteiger partial charge in [0.15, 0.2) is 5.82 Å². The van der Waals surface area contributed by atoms with E-state index in [1.54, 1.807) is 12.4 Å². The lowest BCUT2D eigenvalue weighted by Gasteiger charge is -2.10. The Balaban J connectivity index is 1.80. The molecule has 0 radical (unpaired) electrons. The van der Waals surface area contributed by atoms with Crippen molar-refractivity contribution in [2.24, 2.45) is 0 Å². The standard InChI is InChI=1S/C20H21N5O/c1-3-9-25-13(2)23-18-19(25)16-10-15(6-7-17(16)24-20(18)21)26-12-14-5-4-8-22-11-14/h4-8,10-11H,3,9,12H2,1-2H3,(H2,21,24). The molecule has 0 fully saturated rings. The number of imidazole rings is 1. The van der Waals surface area contributed by atoms with Crippen molar-refractivity contribution in [3.63, 3.8) is 0 Å². The highest BCUT2D eigenvalue weighted by Gasteiger charge is 2.15. The zero-order valence-electron chi connectivity index (χ0n) is 14.9. The van der Waals surface area contributed by atoms with Crippen molar-refractivity contribution in [1.29, 1.82) is 0 Å². The molecule has 4 aromatic rings. The Bertz CT molecular complexity index is 1070. The first-order valence-corrected chi connectivity index (χ1v) is 8.75. The number of hydrogen-bond donors (Lipinski definition) is 1. The van der Waals surface area contributed by atoms with Gasteiger partial charge in [0.05, 0.1) is 11.0 Å². The molecule has 0 unspecified atom stereocenters. The van der Waals surface area contributed by atoms with Gasteiger partial charge in [0.1, 0.15) is 23.7 Å². The van der Waals surface area contributed by atoms with Crippen molar-refractivity contribution in [1.82, 2.24) is 19.5 Å². The van der Waals surface area contributed by atoms with E-state index in [1.165, 1.54) is 0 Å². The van der Waals surface area contributed by atoms with Gasteiger partial charge in [-0.05, 0) is 37.6 Å². The smallest absolute Gasteiger partial charge is 0.152 e. The maximum atomic E-state index is 6.15. The monoisotopic (exact) mass is 347 g/mol. The molecule has 2 N–H and O–H groups in total. The van der Waals surface area contributed by atoms with E-state index in [0.29, 0.717) is 12.4 Å². The lowest BCUT2D eigenvalue weighted by molar-refractivity contribution is 0.306. The molecular formula is C20H21N5O. The number of rotatable bonds is 5. The molecule has 132 valence electrons. The summed E-state index contributed by atoms with van der Waals surface area (Å²) in [6.07, 6.45) is 4.58. The van der Waals surface area contributed by atoms with Crippen molar-refractivity contribution in [3.05, 3.63) is 54.1 Å². The highest BCUT2D eigenvalue weighted by atomic mass is 16.5. The zero-order valence-corrected chi connectivity index (χ0v) is 14.9. The van der Waals surface area contributed by atoms with Crippen LogP contribution in [0.2, 0.25) is 0 Å². The van der Waals surface area contributed by atoms with Gasteiger partial charge in [-0.3, -0.25) is 4.98 Å². The number of hydrogen-bond acceptors (Lipinski definition) is 5. The molecule has 0 saturated heterocycles. The summed E-state index contributed by atoms with van der Waals surface area (Å²) < 4.78 is 8.17. The van der Waals surface area contributed by atoms with Crippen LogP contribution in [0.5, 0.6) is 5.75 Å². The van der Waals surface area contributed by atoms with E-state index >= 15 is 0 Å². The second-order valence-electron chi connectivity index (χ2n) is 6.33. The molecule has 0 amide bonds. The molecule has 0 bridgehead atoms. The molecule has 6 heteroatoms. The van der Waals surface area contributed by atoms with Crippen molar-refractivity contribution in [2.45, 2.75) is 33.4 Å². The van der Waals surface area contributed by atoms with E-state index in [-0.39, 0.29) is 0 Å². The number of benzene rings is 1. The van der Waals surface area contributed by atoms with Gasteiger partial charge in [-0.15, -0.1) is 0 Å². The molecule has 0 aliphatic carbocycles. The second kappa shape index (κ2) is 6.63. The number of nitrogen functional groups attached to an aromatic ring is 1. The van der Waals surface area contributed by atoms with Crippen LogP contribution in [0.1, 0.15) is 24.7 Å². The first-order chi connectivity index (χ1) is 12.7. The van der Waals surface area contributed by atoms with E-state index < -0.39 is 0 Å². The summed E-state index contributed by atoms with van der Waals surface area (Å²) in [5, 5.41) is 1.01. The lowest BCUT2D eigenvalue weighted by atomic mass is 10.1. The van der Waals surface area contributed by atoms with Crippen molar-refractivity contribution >= 4 is 27.8 Å². The summed E-state index contributed by atoms with van der Waals surface area (Å²) in [5.74, 6) is 2.20. The molecule has 0 spiro atoms. The third-order valence-corrected chi connectivity index (χ3v) is 4.44. The third kappa shape index (κ3) is 2.83. The number of ether oxygens (including phenoxy) is 1. The molecule has 0 saturated carbocycles. The van der Waals surface area contributed by atoms with E-state index in [0.717, 1.165) is 52.0 Å². The van der Waals surface area contributed by atoms with E-state index in [4.69, 9.17) is 10.5 Å². The van der Waals surface area contributed by atoms with Crippen molar-refractivity contribution in [2.75, 3.05) is 5.73 Å². The van der Waals surface area contributed by atoms with E-state index in [1.807, 2.05) is 37.3 Å². The Kier molecular flexibility index (Phi) is 4.16.